The molecule has 1 aromatic carbocycles. The quantitative estimate of drug-likeness (QED) is 0.285. The fourth-order valence-corrected chi connectivity index (χ4v) is 7.36. The zero-order valence-electron chi connectivity index (χ0n) is 21.5. The Labute approximate surface area is 229 Å². The topological polar surface area (TPSA) is 184 Å². The van der Waals surface area contributed by atoms with Gasteiger partial charge in [0.25, 0.3) is 0 Å². The Bertz CT molecular complexity index is 1720. The minimum atomic E-state index is -3.95. The number of anilines is 1. The number of esters is 1. The van der Waals surface area contributed by atoms with Crippen molar-refractivity contribution in [2.45, 2.75) is 37.9 Å². The third-order valence-corrected chi connectivity index (χ3v) is 9.81. The van der Waals surface area contributed by atoms with E-state index >= 15 is 0 Å². The molecule has 0 radical (unpaired) electrons. The molecule has 2 aromatic heterocycles. The first-order valence-electron chi connectivity index (χ1n) is 12.2. The van der Waals surface area contributed by atoms with Crippen LogP contribution in [-0.2, 0) is 35.8 Å². The average Bonchev–Trinajstić information content (AvgIpc) is 3.36. The number of nitrogens with zero attached hydrogens (tertiary/aromatic N) is 2. The number of benzene rings is 1. The van der Waals surface area contributed by atoms with E-state index in [0.29, 0.717) is 5.56 Å². The van der Waals surface area contributed by atoms with Crippen molar-refractivity contribution in [3.05, 3.63) is 47.3 Å². The van der Waals surface area contributed by atoms with Crippen molar-refractivity contribution >= 4 is 54.6 Å². The van der Waals surface area contributed by atoms with Gasteiger partial charge in [0.1, 0.15) is 22.4 Å². The number of sulfonamides is 1. The molecule has 12 nitrogen and oxygen atoms in total. The second kappa shape index (κ2) is 11.0. The van der Waals surface area contributed by atoms with Crippen molar-refractivity contribution in [1.82, 2.24) is 4.98 Å². The predicted molar refractivity (Wildman–Crippen MR) is 142 cm³/mol. The number of pyridine rings is 1. The fourth-order valence-electron chi connectivity index (χ4n) is 4.62. The number of amides is 1. The number of aryl methyl sites for hydroxylation is 1. The second-order valence-electron chi connectivity index (χ2n) is 9.25. The highest BCUT2D eigenvalue weighted by Crippen LogP contribution is 2.37. The first-order valence-corrected chi connectivity index (χ1v) is 15.7. The first kappa shape index (κ1) is 29.1. The smallest absolute Gasteiger partial charge is 0.412 e. The molecule has 1 saturated heterocycles. The third kappa shape index (κ3) is 5.84. The average molecular weight is 596 g/mol. The lowest BCUT2D eigenvalue weighted by atomic mass is 10.0. The van der Waals surface area contributed by atoms with Gasteiger partial charge >= 0.3 is 12.1 Å². The van der Waals surface area contributed by atoms with E-state index in [1.54, 1.807) is 6.92 Å². The molecule has 15 heteroatoms. The monoisotopic (exact) mass is 595 g/mol. The zero-order chi connectivity index (χ0) is 29.4. The summed E-state index contributed by atoms with van der Waals surface area (Å²) in [6.07, 6.45) is -0.207. The Morgan fingerprint density at radius 2 is 1.93 bits per heavy atom. The van der Waals surface area contributed by atoms with Gasteiger partial charge in [0.05, 0.1) is 17.4 Å². The normalized spacial score (nSPS) is 16.8. The number of furan rings is 1. The molecular weight excluding hydrogens is 569 g/mol. The molecule has 3 heterocycles. The number of carbonyl (C=O) groups excluding carboxylic acids is 3. The maximum atomic E-state index is 13.5. The van der Waals surface area contributed by atoms with Gasteiger partial charge in [-0.05, 0) is 55.2 Å². The van der Waals surface area contributed by atoms with Crippen LogP contribution in [0, 0.1) is 5.82 Å². The molecule has 1 aliphatic rings. The highest BCUT2D eigenvalue weighted by atomic mass is 32.2. The number of hydrogen-bond donors (Lipinski definition) is 1. The molecule has 0 aliphatic carbocycles. The van der Waals surface area contributed by atoms with Crippen LogP contribution in [0.4, 0.5) is 15.0 Å². The molecule has 0 saturated carbocycles. The minimum Gasteiger partial charge on any atom is -0.437 e. The molecule has 214 valence electrons. The van der Waals surface area contributed by atoms with Crippen molar-refractivity contribution in [3.8, 4) is 11.3 Å². The summed E-state index contributed by atoms with van der Waals surface area (Å²) in [5.74, 6) is -2.44. The van der Waals surface area contributed by atoms with Crippen LogP contribution in [0.1, 0.15) is 42.1 Å². The molecule has 2 N–H and O–H groups in total. The van der Waals surface area contributed by atoms with Crippen LogP contribution >= 0.6 is 0 Å². The van der Waals surface area contributed by atoms with Gasteiger partial charge in [-0.25, -0.2) is 30.8 Å². The Morgan fingerprint density at radius 3 is 2.48 bits per heavy atom. The number of ether oxygens (including phenoxy) is 1. The summed E-state index contributed by atoms with van der Waals surface area (Å²) in [4.78, 5) is 40.6. The number of Topliss-reactive ketones (excluding diaryl/α,β-unsaturated/α-hetero) is 1. The van der Waals surface area contributed by atoms with Gasteiger partial charge in [0.15, 0.2) is 21.4 Å². The predicted octanol–water partition coefficient (Wildman–Crippen LogP) is 2.73. The Kier molecular flexibility index (Phi) is 7.99. The van der Waals surface area contributed by atoms with E-state index in [0.717, 1.165) is 22.7 Å². The van der Waals surface area contributed by atoms with Crippen molar-refractivity contribution in [1.29, 1.82) is 0 Å². The van der Waals surface area contributed by atoms with Crippen molar-refractivity contribution in [2.75, 3.05) is 22.9 Å². The molecule has 40 heavy (non-hydrogen) atoms. The maximum absolute atomic E-state index is 13.5. The number of rotatable bonds is 9. The van der Waals surface area contributed by atoms with Crippen LogP contribution in [0.2, 0.25) is 0 Å². The van der Waals surface area contributed by atoms with E-state index < -0.39 is 43.0 Å². The van der Waals surface area contributed by atoms with Crippen LogP contribution in [-0.4, -0.2) is 63.5 Å². The van der Waals surface area contributed by atoms with Crippen LogP contribution in [0.15, 0.2) is 34.7 Å². The van der Waals surface area contributed by atoms with Gasteiger partial charge in [-0.3, -0.25) is 9.10 Å². The summed E-state index contributed by atoms with van der Waals surface area (Å²) in [7, 11) is -7.52. The molecule has 1 unspecified atom stereocenters. The van der Waals surface area contributed by atoms with Crippen molar-refractivity contribution in [3.63, 3.8) is 0 Å². The van der Waals surface area contributed by atoms with Gasteiger partial charge in [-0.2, -0.15) is 4.98 Å². The van der Waals surface area contributed by atoms with Crippen molar-refractivity contribution < 1.29 is 44.8 Å². The summed E-state index contributed by atoms with van der Waals surface area (Å²) < 4.78 is 74.9. The minimum absolute atomic E-state index is 0.0210. The number of nitrogens with two attached hydrogens (primary N) is 1. The Morgan fingerprint density at radius 1 is 1.25 bits per heavy atom. The van der Waals surface area contributed by atoms with E-state index in [1.807, 2.05) is 0 Å². The van der Waals surface area contributed by atoms with Gasteiger partial charge in [-0.1, -0.05) is 6.92 Å². The summed E-state index contributed by atoms with van der Waals surface area (Å²) in [6.45, 7) is 1.55. The number of halogens is 1. The molecule has 1 aliphatic heterocycles. The second-order valence-corrected chi connectivity index (χ2v) is 13.5. The molecule has 4 rings (SSSR count). The van der Waals surface area contributed by atoms with Crippen LogP contribution < -0.4 is 10.0 Å². The molecule has 1 amide bonds. The summed E-state index contributed by atoms with van der Waals surface area (Å²) in [5, 5.41) is -1.07. The highest BCUT2D eigenvalue weighted by Gasteiger charge is 2.38. The molecule has 0 spiro atoms. The van der Waals surface area contributed by atoms with Crippen LogP contribution in [0.3, 0.4) is 0 Å². The Hall–Kier alpha value is -3.85. The molecule has 1 fully saturated rings. The summed E-state index contributed by atoms with van der Waals surface area (Å²) >= 11 is 0. The number of aromatic nitrogens is 1. The van der Waals surface area contributed by atoms with E-state index in [-0.39, 0.29) is 77.6 Å². The van der Waals surface area contributed by atoms with Gasteiger partial charge in [0, 0.05) is 18.5 Å². The Balaban J connectivity index is 1.80. The maximum Gasteiger partial charge on any atom is 0.412 e. The van der Waals surface area contributed by atoms with E-state index in [9.17, 15) is 35.6 Å². The standard InChI is InChI=1S/C25H26FN3O9S2/c1-3-14-13-17-20(24(31)38-25(27)32)21(15-6-8-16(26)9-7-15)37-23(17)28-22(14)29(39(2,33)34)11-4-5-19-18(30)10-12-40(19,35)36/h6-9,13,19H,3-5,10-12H2,1-2H3,(H2,27,32). The SMILES string of the molecule is CCc1cc2c(C(=O)OC(N)=O)c(-c3ccc(F)cc3)oc2nc1N(CCCC1C(=O)CCS1(=O)=O)S(C)(=O)=O. The number of hydrogen-bond acceptors (Lipinski definition) is 10. The number of carbonyl (C=O) groups is 3. The zero-order valence-corrected chi connectivity index (χ0v) is 23.2. The molecular formula is C25H26FN3O9S2. The van der Waals surface area contributed by atoms with Crippen LogP contribution in [0.5, 0.6) is 0 Å². The lowest BCUT2D eigenvalue weighted by Crippen LogP contribution is -2.33. The number of ketones is 1. The first-order chi connectivity index (χ1) is 18.7. The van der Waals surface area contributed by atoms with Gasteiger partial charge < -0.3 is 14.9 Å². The largest absolute Gasteiger partial charge is 0.437 e. The lowest BCUT2D eigenvalue weighted by Gasteiger charge is -2.24. The molecule has 3 aromatic rings. The summed E-state index contributed by atoms with van der Waals surface area (Å²) in [6, 6.07) is 6.38. The van der Waals surface area contributed by atoms with Gasteiger partial charge in [0.2, 0.25) is 15.7 Å². The number of primary amides is 1. The van der Waals surface area contributed by atoms with E-state index in [1.165, 1.54) is 18.2 Å². The van der Waals surface area contributed by atoms with E-state index in [2.05, 4.69) is 9.72 Å². The fraction of sp³-hybridized carbons (Fsp3) is 0.360. The van der Waals surface area contributed by atoms with E-state index in [4.69, 9.17) is 10.2 Å². The van der Waals surface area contributed by atoms with Crippen LogP contribution in [0.25, 0.3) is 22.4 Å². The van der Waals surface area contributed by atoms with Crippen molar-refractivity contribution in [2.24, 2.45) is 5.73 Å². The number of fused-ring (bicyclic) bond motifs is 1. The summed E-state index contributed by atoms with van der Waals surface area (Å²) in [5.41, 5.74) is 5.26. The lowest BCUT2D eigenvalue weighted by molar-refractivity contribution is -0.117. The highest BCUT2D eigenvalue weighted by molar-refractivity contribution is 7.93. The molecule has 1 atom stereocenters. The molecule has 0 bridgehead atoms. The third-order valence-electron chi connectivity index (χ3n) is 6.51. The number of sulfone groups is 1. The van der Waals surface area contributed by atoms with Gasteiger partial charge in [-0.15, -0.1) is 0 Å².